The maximum Gasteiger partial charge on any atom is 0.224 e. The Hall–Kier alpha value is -2.86. The van der Waals surface area contributed by atoms with Crippen molar-refractivity contribution in [2.45, 2.75) is 13.0 Å². The summed E-state index contributed by atoms with van der Waals surface area (Å²) in [5, 5.41) is 2.92. The monoisotopic (exact) mass is 427 g/mol. The Balaban J connectivity index is 1.78. The number of nitrogens with two attached hydrogens (primary N) is 1. The number of hydrogen-bond acceptors (Lipinski definition) is 8. The molecule has 1 fully saturated rings. The molecule has 1 aliphatic rings. The van der Waals surface area contributed by atoms with E-state index < -0.39 is 33.0 Å². The molecular weight excluding hydrogens is 408 g/mol. The van der Waals surface area contributed by atoms with E-state index in [1.807, 2.05) is 0 Å². The summed E-state index contributed by atoms with van der Waals surface area (Å²) in [4.78, 5) is 20.6. The third-order valence-corrected chi connectivity index (χ3v) is 6.32. The number of halogens is 2. The summed E-state index contributed by atoms with van der Waals surface area (Å²) in [6.45, 7) is 2.07. The molecule has 1 aliphatic heterocycles. The Morgan fingerprint density at radius 2 is 2.07 bits per heavy atom. The standard InChI is InChI=1S/C17H19F2N5O4S/c1-3-29(26,27)24-7-9(8-24)22-17-21-6-10(16(20)23-17)15(25)13-12(28-2)5-4-11(18)14(13)19/h4-6,9H,3,7-8H2,1-2H3,(H3,20,21,22,23). The minimum atomic E-state index is -3.25. The molecule has 0 unspecified atom stereocenters. The Kier molecular flexibility index (Phi) is 5.66. The topological polar surface area (TPSA) is 128 Å². The lowest BCUT2D eigenvalue weighted by Gasteiger charge is -2.38. The molecular formula is C17H19F2N5O4S. The number of methoxy groups -OCH3 is 1. The highest BCUT2D eigenvalue weighted by atomic mass is 32.2. The summed E-state index contributed by atoms with van der Waals surface area (Å²) in [5.74, 6) is -3.78. The van der Waals surface area contributed by atoms with Crippen molar-refractivity contribution >= 4 is 27.6 Å². The molecule has 29 heavy (non-hydrogen) atoms. The van der Waals surface area contributed by atoms with Crippen molar-refractivity contribution in [2.24, 2.45) is 0 Å². The van der Waals surface area contributed by atoms with E-state index in [2.05, 4.69) is 15.3 Å². The summed E-state index contributed by atoms with van der Waals surface area (Å²) < 4.78 is 57.4. The van der Waals surface area contributed by atoms with E-state index in [0.717, 1.165) is 18.3 Å². The van der Waals surface area contributed by atoms with Crippen LogP contribution in [0.2, 0.25) is 0 Å². The van der Waals surface area contributed by atoms with E-state index in [9.17, 15) is 22.0 Å². The maximum atomic E-state index is 14.2. The lowest BCUT2D eigenvalue weighted by molar-refractivity contribution is 0.103. The number of benzene rings is 1. The van der Waals surface area contributed by atoms with Gasteiger partial charge in [0.25, 0.3) is 0 Å². The van der Waals surface area contributed by atoms with Gasteiger partial charge >= 0.3 is 0 Å². The van der Waals surface area contributed by atoms with Crippen LogP contribution in [0.15, 0.2) is 18.3 Å². The molecule has 1 aromatic carbocycles. The highest BCUT2D eigenvalue weighted by Gasteiger charge is 2.35. The first-order valence-electron chi connectivity index (χ1n) is 8.61. The Labute approximate surface area is 165 Å². The summed E-state index contributed by atoms with van der Waals surface area (Å²) in [6, 6.07) is 1.77. The molecule has 0 spiro atoms. The minimum Gasteiger partial charge on any atom is -0.496 e. The van der Waals surface area contributed by atoms with Gasteiger partial charge in [-0.2, -0.15) is 9.29 Å². The molecule has 0 amide bonds. The number of nitrogen functional groups attached to an aromatic ring is 1. The van der Waals surface area contributed by atoms with Crippen molar-refractivity contribution < 1.29 is 26.7 Å². The van der Waals surface area contributed by atoms with Gasteiger partial charge in [-0.15, -0.1) is 0 Å². The predicted molar refractivity (Wildman–Crippen MR) is 101 cm³/mol. The van der Waals surface area contributed by atoms with Crippen LogP contribution in [0.25, 0.3) is 0 Å². The first-order valence-corrected chi connectivity index (χ1v) is 10.2. The van der Waals surface area contributed by atoms with Crippen molar-refractivity contribution in [3.63, 3.8) is 0 Å². The van der Waals surface area contributed by atoms with Gasteiger partial charge in [-0.05, 0) is 19.1 Å². The van der Waals surface area contributed by atoms with Crippen molar-refractivity contribution in [3.8, 4) is 5.75 Å². The summed E-state index contributed by atoms with van der Waals surface area (Å²) in [5.41, 5.74) is 4.99. The Morgan fingerprint density at radius 3 is 2.66 bits per heavy atom. The number of ether oxygens (including phenoxy) is 1. The fourth-order valence-corrected chi connectivity index (χ4v) is 3.99. The highest BCUT2D eigenvalue weighted by Crippen LogP contribution is 2.28. The summed E-state index contributed by atoms with van der Waals surface area (Å²) in [6.07, 6.45) is 1.09. The van der Waals surface area contributed by atoms with Crippen LogP contribution in [0.4, 0.5) is 20.5 Å². The van der Waals surface area contributed by atoms with Gasteiger partial charge in [0.1, 0.15) is 17.1 Å². The summed E-state index contributed by atoms with van der Waals surface area (Å²) in [7, 11) is -2.03. The van der Waals surface area contributed by atoms with Crippen LogP contribution in [0.1, 0.15) is 22.8 Å². The molecule has 156 valence electrons. The second kappa shape index (κ2) is 7.87. The van der Waals surface area contributed by atoms with Gasteiger partial charge in [0.05, 0.1) is 24.5 Å². The van der Waals surface area contributed by atoms with Gasteiger partial charge in [0.15, 0.2) is 11.6 Å². The Morgan fingerprint density at radius 1 is 1.38 bits per heavy atom. The van der Waals surface area contributed by atoms with Crippen molar-refractivity contribution in [1.29, 1.82) is 0 Å². The zero-order valence-electron chi connectivity index (χ0n) is 15.6. The number of sulfonamides is 1. The number of carbonyl (C=O) groups excluding carboxylic acids is 1. The number of anilines is 2. The zero-order valence-corrected chi connectivity index (χ0v) is 16.5. The average Bonchev–Trinajstić information content (AvgIpc) is 2.65. The van der Waals surface area contributed by atoms with Gasteiger partial charge in [-0.25, -0.2) is 22.2 Å². The fraction of sp³-hybridized carbons (Fsp3) is 0.353. The van der Waals surface area contributed by atoms with Crippen LogP contribution in [0, 0.1) is 11.6 Å². The van der Waals surface area contributed by atoms with E-state index in [1.54, 1.807) is 6.92 Å². The SMILES string of the molecule is CCS(=O)(=O)N1CC(Nc2ncc(C(=O)c3c(OC)ccc(F)c3F)c(N)n2)C1. The van der Waals surface area contributed by atoms with Gasteiger partial charge in [0, 0.05) is 19.3 Å². The van der Waals surface area contributed by atoms with Crippen LogP contribution in [-0.2, 0) is 10.0 Å². The number of nitrogens with zero attached hydrogens (tertiary/aromatic N) is 3. The fourth-order valence-electron chi connectivity index (χ4n) is 2.81. The smallest absolute Gasteiger partial charge is 0.224 e. The molecule has 2 aromatic rings. The number of ketones is 1. The quantitative estimate of drug-likeness (QED) is 0.627. The zero-order chi connectivity index (χ0) is 21.3. The average molecular weight is 427 g/mol. The highest BCUT2D eigenvalue weighted by molar-refractivity contribution is 7.89. The molecule has 3 N–H and O–H groups in total. The minimum absolute atomic E-state index is 0.0140. The first kappa shape index (κ1) is 20.9. The van der Waals surface area contributed by atoms with E-state index in [4.69, 9.17) is 10.5 Å². The first-order chi connectivity index (χ1) is 13.7. The van der Waals surface area contributed by atoms with Crippen molar-refractivity contribution in [3.05, 3.63) is 41.1 Å². The number of aromatic nitrogens is 2. The van der Waals surface area contributed by atoms with Crippen LogP contribution >= 0.6 is 0 Å². The normalized spacial score (nSPS) is 15.0. The Bertz CT molecular complexity index is 1060. The molecule has 1 aromatic heterocycles. The van der Waals surface area contributed by atoms with Crippen molar-refractivity contribution in [2.75, 3.05) is 37.0 Å². The van der Waals surface area contributed by atoms with Crippen molar-refractivity contribution in [1.82, 2.24) is 14.3 Å². The number of rotatable bonds is 7. The molecule has 0 bridgehead atoms. The molecule has 0 aliphatic carbocycles. The molecule has 1 saturated heterocycles. The van der Waals surface area contributed by atoms with Gasteiger partial charge in [-0.1, -0.05) is 0 Å². The largest absolute Gasteiger partial charge is 0.496 e. The lowest BCUT2D eigenvalue weighted by atomic mass is 10.0. The number of nitrogens with one attached hydrogen (secondary N) is 1. The molecule has 0 saturated carbocycles. The maximum absolute atomic E-state index is 14.2. The number of carbonyl (C=O) groups is 1. The molecule has 12 heteroatoms. The second-order valence-corrected chi connectivity index (χ2v) is 8.58. The number of hydrogen-bond donors (Lipinski definition) is 2. The van der Waals surface area contributed by atoms with Crippen LogP contribution in [-0.4, -0.2) is 60.5 Å². The molecule has 3 rings (SSSR count). The van der Waals surface area contributed by atoms with Gasteiger partial charge < -0.3 is 15.8 Å². The third-order valence-electron chi connectivity index (χ3n) is 4.51. The van der Waals surface area contributed by atoms with E-state index >= 15 is 0 Å². The van der Waals surface area contributed by atoms with Gasteiger partial charge in [-0.3, -0.25) is 4.79 Å². The predicted octanol–water partition coefficient (Wildman–Crippen LogP) is 1.02. The van der Waals surface area contributed by atoms with Crippen LogP contribution in [0.5, 0.6) is 5.75 Å². The third kappa shape index (κ3) is 3.98. The molecule has 9 nitrogen and oxygen atoms in total. The van der Waals surface area contributed by atoms with E-state index in [1.165, 1.54) is 11.4 Å². The second-order valence-electron chi connectivity index (χ2n) is 6.32. The van der Waals surface area contributed by atoms with E-state index in [-0.39, 0.29) is 48.0 Å². The van der Waals surface area contributed by atoms with Crippen LogP contribution < -0.4 is 15.8 Å². The van der Waals surface area contributed by atoms with Gasteiger partial charge in [0.2, 0.25) is 21.8 Å². The van der Waals surface area contributed by atoms with E-state index in [0.29, 0.717) is 0 Å². The molecule has 0 radical (unpaired) electrons. The molecule has 0 atom stereocenters. The summed E-state index contributed by atoms with van der Waals surface area (Å²) >= 11 is 0. The van der Waals surface area contributed by atoms with Crippen LogP contribution in [0.3, 0.4) is 0 Å². The molecule has 2 heterocycles. The lowest BCUT2D eigenvalue weighted by Crippen LogP contribution is -2.57.